The zero-order chi connectivity index (χ0) is 25.3. The first-order valence-corrected chi connectivity index (χ1v) is 12.9. The first kappa shape index (κ1) is 30.2. The minimum absolute atomic E-state index is 0. The summed E-state index contributed by atoms with van der Waals surface area (Å²) >= 11 is 1.55. The molecule has 196 valence electrons. The number of aliphatic hydroxyl groups is 2. The Balaban J connectivity index is 0.00000432. The van der Waals surface area contributed by atoms with Gasteiger partial charge in [0.15, 0.2) is 0 Å². The molecular formula is C26H38NO6SW-. The molecule has 6 atom stereocenters. The number of hydrogen-bond acceptors (Lipinski definition) is 8. The number of rotatable bonds is 2. The van der Waals surface area contributed by atoms with Gasteiger partial charge in [-0.25, -0.2) is 4.98 Å². The summed E-state index contributed by atoms with van der Waals surface area (Å²) in [6, 6.07) is 0. The smallest absolute Gasteiger partial charge is 0.309 e. The Morgan fingerprint density at radius 2 is 1.97 bits per heavy atom. The summed E-state index contributed by atoms with van der Waals surface area (Å²) in [5.74, 6) is -1.07. The van der Waals surface area contributed by atoms with E-state index in [1.807, 2.05) is 32.2 Å². The maximum absolute atomic E-state index is 12.8. The summed E-state index contributed by atoms with van der Waals surface area (Å²) < 4.78 is 11.9. The van der Waals surface area contributed by atoms with Crippen molar-refractivity contribution in [3.05, 3.63) is 28.1 Å². The molecular weight excluding hydrogens is 638 g/mol. The molecule has 1 aromatic rings. The van der Waals surface area contributed by atoms with Gasteiger partial charge in [0.25, 0.3) is 0 Å². The molecule has 2 N–H and O–H groups in total. The van der Waals surface area contributed by atoms with Gasteiger partial charge in [0.05, 0.1) is 34.9 Å². The van der Waals surface area contributed by atoms with E-state index in [9.17, 15) is 19.8 Å². The van der Waals surface area contributed by atoms with Gasteiger partial charge in [0, 0.05) is 44.1 Å². The Labute approximate surface area is 227 Å². The number of thiazole rings is 1. The summed E-state index contributed by atoms with van der Waals surface area (Å²) in [6.45, 7) is 11.0. The van der Waals surface area contributed by atoms with Crippen LogP contribution in [0.15, 0.2) is 11.0 Å². The molecule has 1 aromatic heterocycles. The fraction of sp³-hybridized carbons (Fsp3) is 0.692. The van der Waals surface area contributed by atoms with E-state index < -0.39 is 29.7 Å². The summed E-state index contributed by atoms with van der Waals surface area (Å²) in [5, 5.41) is 24.1. The fourth-order valence-corrected chi connectivity index (χ4v) is 4.94. The van der Waals surface area contributed by atoms with E-state index in [0.29, 0.717) is 6.42 Å². The molecule has 0 bridgehead atoms. The molecule has 0 aliphatic carbocycles. The number of aromatic nitrogens is 1. The average molecular weight is 676 g/mol. The van der Waals surface area contributed by atoms with Crippen molar-refractivity contribution in [2.45, 2.75) is 104 Å². The number of Topliss-reactive ketones (excluding diaryl/α,β-unsaturated/α-hetero) is 1. The maximum Gasteiger partial charge on any atom is 0.309 e. The summed E-state index contributed by atoms with van der Waals surface area (Å²) in [7, 11) is 0. The van der Waals surface area contributed by atoms with Crippen LogP contribution in [0.5, 0.6) is 0 Å². The Kier molecular flexibility index (Phi) is 10.3. The summed E-state index contributed by atoms with van der Waals surface area (Å²) in [5.41, 5.74) is 0.142. The number of ether oxygens (including phenoxy) is 2. The van der Waals surface area contributed by atoms with Gasteiger partial charge in [0.1, 0.15) is 6.10 Å². The van der Waals surface area contributed by atoms with Crippen LogP contribution in [0.3, 0.4) is 0 Å². The van der Waals surface area contributed by atoms with Crippen LogP contribution in [0.4, 0.5) is 0 Å². The van der Waals surface area contributed by atoms with Crippen molar-refractivity contribution in [3.8, 4) is 0 Å². The molecule has 9 heteroatoms. The van der Waals surface area contributed by atoms with Gasteiger partial charge in [-0.2, -0.15) is 0 Å². The van der Waals surface area contributed by atoms with Crippen LogP contribution in [-0.2, 0) is 40.1 Å². The number of carbonyl (C=O) groups excluding carboxylic acids is 2. The number of nitrogens with zero attached hydrogens (tertiary/aromatic N) is 1. The Morgan fingerprint density at radius 1 is 1.29 bits per heavy atom. The van der Waals surface area contributed by atoms with E-state index in [4.69, 9.17) is 9.47 Å². The molecule has 0 amide bonds. The number of aliphatic hydroxyl groups excluding tert-OH is 2. The summed E-state index contributed by atoms with van der Waals surface area (Å²) in [4.78, 5) is 30.1. The minimum atomic E-state index is -1.24. The van der Waals surface area contributed by atoms with E-state index >= 15 is 0 Å². The molecule has 1 unspecified atom stereocenters. The van der Waals surface area contributed by atoms with Crippen molar-refractivity contribution < 1.29 is 50.3 Å². The topological polar surface area (TPSA) is 109 Å². The number of hydrogen-bond donors (Lipinski definition) is 2. The Morgan fingerprint density at radius 3 is 2.60 bits per heavy atom. The third-order valence-electron chi connectivity index (χ3n) is 7.32. The van der Waals surface area contributed by atoms with E-state index in [-0.39, 0.29) is 50.9 Å². The predicted molar refractivity (Wildman–Crippen MR) is 131 cm³/mol. The van der Waals surface area contributed by atoms with Crippen molar-refractivity contribution in [2.24, 2.45) is 11.3 Å². The second kappa shape index (κ2) is 12.0. The molecule has 3 rings (SSSR count). The van der Waals surface area contributed by atoms with Gasteiger partial charge >= 0.3 is 5.97 Å². The molecule has 2 aliphatic rings. The third-order valence-corrected chi connectivity index (χ3v) is 8.12. The standard InChI is InChI=1S/C26H38NO6S.W/c1-15-8-7-9-26(6)23(33-26)12-20(16(2)10-18-14-34-17(3)27-18)32-24(31)13-22(30)25(4,5)21(29)11-19(15)28;/h10-11,14-15,19-20,22-23,28,30H,7-9,12-13H2,1-6H3;/q-1;/b16-10+;/t15-,19+,20?,22-,23-,26+;/m0./s1. The number of aryl methyl sites for hydroxylation is 1. The Bertz CT molecular complexity index is 931. The van der Waals surface area contributed by atoms with Crippen molar-refractivity contribution >= 4 is 29.2 Å². The average Bonchev–Trinajstić information content (AvgIpc) is 3.18. The first-order valence-electron chi connectivity index (χ1n) is 12.0. The molecule has 2 fully saturated rings. The number of epoxide rings is 1. The zero-order valence-electron chi connectivity index (χ0n) is 21.4. The van der Waals surface area contributed by atoms with E-state index in [1.54, 1.807) is 25.2 Å². The molecule has 7 nitrogen and oxygen atoms in total. The monoisotopic (exact) mass is 676 g/mol. The fourth-order valence-electron chi connectivity index (χ4n) is 4.37. The Hall–Kier alpha value is -1.05. The van der Waals surface area contributed by atoms with Gasteiger partial charge in [0.2, 0.25) is 0 Å². The van der Waals surface area contributed by atoms with Gasteiger partial charge in [-0.1, -0.05) is 33.6 Å². The number of cyclic esters (lactones) is 1. The van der Waals surface area contributed by atoms with Crippen LogP contribution in [0.1, 0.15) is 77.4 Å². The molecule has 0 saturated carbocycles. The molecule has 2 aliphatic heterocycles. The SMILES string of the molecule is C/C(=C\c1csc(C)n1)C1C[C@@H]2O[C@]2(C)CCC[C@H](C)[C@H](O)[CH-]C(=O)C(C)(C)[C@@H](O)CC(=O)O1.[W]. The van der Waals surface area contributed by atoms with Crippen LogP contribution in [0, 0.1) is 24.7 Å². The van der Waals surface area contributed by atoms with E-state index in [2.05, 4.69) is 11.9 Å². The minimum Gasteiger partial charge on any atom is -0.458 e. The van der Waals surface area contributed by atoms with Gasteiger partial charge < -0.3 is 24.5 Å². The number of carbonyl (C=O) groups is 2. The van der Waals surface area contributed by atoms with Crippen molar-refractivity contribution in [1.82, 2.24) is 4.98 Å². The normalized spacial score (nSPS) is 34.7. The second-order valence-corrected chi connectivity index (χ2v) is 11.7. The molecule has 0 aromatic carbocycles. The van der Waals surface area contributed by atoms with Crippen LogP contribution in [-0.4, -0.2) is 57.0 Å². The zero-order valence-corrected chi connectivity index (χ0v) is 25.2. The number of fused-ring (bicyclic) bond motifs is 1. The molecule has 0 spiro atoms. The van der Waals surface area contributed by atoms with Gasteiger partial charge in [-0.05, 0) is 50.9 Å². The van der Waals surface area contributed by atoms with Crippen molar-refractivity contribution in [3.63, 3.8) is 0 Å². The van der Waals surface area contributed by atoms with Gasteiger partial charge in [-0.3, -0.25) is 11.2 Å². The van der Waals surface area contributed by atoms with Crippen LogP contribution in [0.2, 0.25) is 0 Å². The molecule has 35 heavy (non-hydrogen) atoms. The maximum atomic E-state index is 12.8. The largest absolute Gasteiger partial charge is 0.458 e. The van der Waals surface area contributed by atoms with E-state index in [0.717, 1.165) is 35.5 Å². The number of ketones is 1. The predicted octanol–water partition coefficient (Wildman–Crippen LogP) is 4.04. The van der Waals surface area contributed by atoms with Crippen LogP contribution < -0.4 is 0 Å². The van der Waals surface area contributed by atoms with Crippen molar-refractivity contribution in [2.75, 3.05) is 0 Å². The van der Waals surface area contributed by atoms with E-state index in [1.165, 1.54) is 6.42 Å². The summed E-state index contributed by atoms with van der Waals surface area (Å²) in [6.07, 6.45) is 3.08. The van der Waals surface area contributed by atoms with Gasteiger partial charge in [-0.15, -0.1) is 11.3 Å². The second-order valence-electron chi connectivity index (χ2n) is 10.6. The molecule has 0 radical (unpaired) electrons. The first-order chi connectivity index (χ1) is 15.8. The number of esters is 1. The quantitative estimate of drug-likeness (QED) is 0.277. The molecule has 3 heterocycles. The van der Waals surface area contributed by atoms with Crippen LogP contribution in [0.25, 0.3) is 6.08 Å². The van der Waals surface area contributed by atoms with Crippen molar-refractivity contribution in [1.29, 1.82) is 0 Å². The van der Waals surface area contributed by atoms with Crippen LogP contribution >= 0.6 is 11.3 Å². The third kappa shape index (κ3) is 7.72. The molecule has 2 saturated heterocycles.